The van der Waals surface area contributed by atoms with Crippen LogP contribution in [0.3, 0.4) is 0 Å². The van der Waals surface area contributed by atoms with E-state index in [1.165, 1.54) is 29.2 Å². The van der Waals surface area contributed by atoms with Gasteiger partial charge in [-0.2, -0.15) is 4.37 Å². The van der Waals surface area contributed by atoms with Gasteiger partial charge in [0, 0.05) is 12.1 Å². The third-order valence-electron chi connectivity index (χ3n) is 5.13. The van der Waals surface area contributed by atoms with Gasteiger partial charge in [0.2, 0.25) is 5.91 Å². The molecule has 0 spiro atoms. The van der Waals surface area contributed by atoms with E-state index in [1.54, 1.807) is 12.1 Å². The van der Waals surface area contributed by atoms with Crippen molar-refractivity contribution in [1.82, 2.24) is 14.6 Å². The van der Waals surface area contributed by atoms with Gasteiger partial charge in [0.25, 0.3) is 11.8 Å². The quantitative estimate of drug-likeness (QED) is 0.459. The number of aromatic nitrogens is 1. The molecule has 1 atom stereocenters. The number of anilines is 1. The first kappa shape index (κ1) is 25.8. The number of halogens is 1. The van der Waals surface area contributed by atoms with Gasteiger partial charge in [0.1, 0.15) is 16.7 Å². The summed E-state index contributed by atoms with van der Waals surface area (Å²) in [5.74, 6) is -2.30. The molecule has 8 nitrogen and oxygen atoms in total. The number of hydrogen-bond acceptors (Lipinski definition) is 6. The summed E-state index contributed by atoms with van der Waals surface area (Å²) in [7, 11) is 0. The highest BCUT2D eigenvalue weighted by atomic mass is 32.1. The second-order valence-corrected chi connectivity index (χ2v) is 10.0. The molecular formula is C25H28FN5O3S. The minimum Gasteiger partial charge on any atom is -0.395 e. The highest BCUT2D eigenvalue weighted by molar-refractivity contribution is 7.09. The average molecular weight is 498 g/mol. The fraction of sp³-hybridized carbons (Fsp3) is 0.280. The van der Waals surface area contributed by atoms with Gasteiger partial charge in [-0.05, 0) is 62.5 Å². The molecule has 0 bridgehead atoms. The predicted molar refractivity (Wildman–Crippen MR) is 133 cm³/mol. The Bertz CT molecular complexity index is 1230. The molecule has 1 aromatic heterocycles. The number of rotatable bonds is 7. The van der Waals surface area contributed by atoms with Gasteiger partial charge >= 0.3 is 0 Å². The Morgan fingerprint density at radius 3 is 2.20 bits per heavy atom. The predicted octanol–water partition coefficient (Wildman–Crippen LogP) is 3.57. The summed E-state index contributed by atoms with van der Waals surface area (Å²) in [4.78, 5) is 40.4. The van der Waals surface area contributed by atoms with Crippen LogP contribution in [0.25, 0.3) is 0 Å². The summed E-state index contributed by atoms with van der Waals surface area (Å²) in [6.45, 7) is 7.40. The molecule has 35 heavy (non-hydrogen) atoms. The lowest BCUT2D eigenvalue weighted by Gasteiger charge is -2.33. The van der Waals surface area contributed by atoms with E-state index < -0.39 is 35.1 Å². The van der Waals surface area contributed by atoms with Crippen molar-refractivity contribution in [2.45, 2.75) is 45.8 Å². The van der Waals surface area contributed by atoms with Crippen molar-refractivity contribution >= 4 is 34.9 Å². The zero-order valence-corrected chi connectivity index (χ0v) is 20.8. The van der Waals surface area contributed by atoms with E-state index in [0.717, 1.165) is 17.1 Å². The Hall–Kier alpha value is -3.79. The number of nitrogens with zero attached hydrogens (tertiary/aromatic N) is 2. The number of aryl methyl sites for hydroxylation is 1. The molecule has 0 aliphatic carbocycles. The number of nitrogens with two attached hydrogens (primary N) is 2. The molecule has 0 saturated heterocycles. The average Bonchev–Trinajstić information content (AvgIpc) is 3.16. The van der Waals surface area contributed by atoms with Crippen molar-refractivity contribution in [2.24, 2.45) is 5.73 Å². The zero-order valence-electron chi connectivity index (χ0n) is 20.0. The molecule has 2 aromatic carbocycles. The number of benzene rings is 2. The van der Waals surface area contributed by atoms with E-state index in [9.17, 15) is 18.8 Å². The van der Waals surface area contributed by atoms with Crippen LogP contribution < -0.4 is 16.8 Å². The lowest BCUT2D eigenvalue weighted by molar-refractivity contribution is -0.127. The van der Waals surface area contributed by atoms with Crippen molar-refractivity contribution in [1.29, 1.82) is 0 Å². The Morgan fingerprint density at radius 1 is 1.09 bits per heavy atom. The highest BCUT2D eigenvalue weighted by Gasteiger charge is 2.36. The van der Waals surface area contributed by atoms with Gasteiger partial charge in [-0.1, -0.05) is 42.0 Å². The van der Waals surface area contributed by atoms with Crippen LogP contribution in [0.1, 0.15) is 63.7 Å². The van der Waals surface area contributed by atoms with E-state index in [-0.39, 0.29) is 22.8 Å². The van der Waals surface area contributed by atoms with Crippen LogP contribution in [0, 0.1) is 12.7 Å². The van der Waals surface area contributed by atoms with Crippen molar-refractivity contribution in [3.63, 3.8) is 0 Å². The fourth-order valence-electron chi connectivity index (χ4n) is 3.49. The van der Waals surface area contributed by atoms with Crippen LogP contribution in [0.4, 0.5) is 10.1 Å². The molecule has 0 aliphatic rings. The van der Waals surface area contributed by atoms with Crippen LogP contribution in [0.5, 0.6) is 0 Å². The number of nitrogen functional groups attached to an aromatic ring is 1. The minimum absolute atomic E-state index is 0.0124. The summed E-state index contributed by atoms with van der Waals surface area (Å²) in [6, 6.07) is 11.8. The third-order valence-corrected chi connectivity index (χ3v) is 5.98. The Balaban J connectivity index is 2.15. The third kappa shape index (κ3) is 6.21. The topological polar surface area (TPSA) is 131 Å². The first-order valence-corrected chi connectivity index (χ1v) is 11.6. The molecule has 0 unspecified atom stereocenters. The molecule has 0 fully saturated rings. The summed E-state index contributed by atoms with van der Waals surface area (Å²) in [5.41, 5.74) is 12.6. The van der Waals surface area contributed by atoms with E-state index in [0.29, 0.717) is 11.1 Å². The van der Waals surface area contributed by atoms with E-state index >= 15 is 0 Å². The number of nitrogens with one attached hydrogen (secondary N) is 1. The second kappa shape index (κ2) is 10.2. The Morgan fingerprint density at radius 2 is 1.69 bits per heavy atom. The first-order valence-electron chi connectivity index (χ1n) is 10.9. The number of amides is 3. The summed E-state index contributed by atoms with van der Waals surface area (Å²) >= 11 is 0.735. The highest BCUT2D eigenvalue weighted by Crippen LogP contribution is 2.31. The van der Waals surface area contributed by atoms with Gasteiger partial charge in [-0.25, -0.2) is 4.39 Å². The summed E-state index contributed by atoms with van der Waals surface area (Å²) < 4.78 is 17.5. The van der Waals surface area contributed by atoms with Crippen LogP contribution in [0.15, 0.2) is 48.5 Å². The first-order chi connectivity index (χ1) is 16.4. The monoisotopic (exact) mass is 497 g/mol. The largest absolute Gasteiger partial charge is 0.395 e. The molecule has 184 valence electrons. The van der Waals surface area contributed by atoms with Crippen molar-refractivity contribution < 1.29 is 18.8 Å². The fourth-order valence-corrected chi connectivity index (χ4v) is 4.25. The van der Waals surface area contributed by atoms with Crippen LogP contribution >= 0.6 is 11.5 Å². The van der Waals surface area contributed by atoms with Crippen molar-refractivity contribution in [3.8, 4) is 0 Å². The molecule has 0 aliphatic heterocycles. The van der Waals surface area contributed by atoms with Gasteiger partial charge in [0.15, 0.2) is 5.69 Å². The van der Waals surface area contributed by atoms with Crippen LogP contribution in [0.2, 0.25) is 0 Å². The maximum absolute atomic E-state index is 13.8. The summed E-state index contributed by atoms with van der Waals surface area (Å²) in [5, 5.41) is 2.94. The van der Waals surface area contributed by atoms with E-state index in [1.807, 2.05) is 39.8 Å². The molecule has 0 saturated carbocycles. The lowest BCUT2D eigenvalue weighted by Crippen LogP contribution is -2.49. The maximum atomic E-state index is 13.8. The SMILES string of the molecule is Cc1ccc([C@H](C(=O)NC(C)(C)C)N(Cc2ccc(F)cc2)C(=O)c2snc(C(N)=O)c2N)cc1. The number of primary amides is 1. The van der Waals surface area contributed by atoms with E-state index in [2.05, 4.69) is 9.69 Å². The zero-order chi connectivity index (χ0) is 25.9. The summed E-state index contributed by atoms with van der Waals surface area (Å²) in [6.07, 6.45) is 0. The molecule has 3 amide bonds. The lowest BCUT2D eigenvalue weighted by atomic mass is 9.99. The molecule has 3 rings (SSSR count). The Kier molecular flexibility index (Phi) is 7.54. The standard InChI is InChI=1S/C25H28FN5O3S/c1-14-5-9-16(10-6-14)20(23(33)29-25(2,3)4)31(13-15-7-11-17(26)12-8-15)24(34)21-18(27)19(22(28)32)30-35-21/h5-12,20H,13,27H2,1-4H3,(H2,28,32)(H,29,33)/t20-/m1/s1. The van der Waals surface area contributed by atoms with Gasteiger partial charge < -0.3 is 21.7 Å². The van der Waals surface area contributed by atoms with Crippen LogP contribution in [-0.2, 0) is 11.3 Å². The molecule has 3 aromatic rings. The van der Waals surface area contributed by atoms with Crippen LogP contribution in [-0.4, -0.2) is 32.5 Å². The smallest absolute Gasteiger partial charge is 0.270 e. The molecule has 10 heteroatoms. The maximum Gasteiger partial charge on any atom is 0.270 e. The molecular weight excluding hydrogens is 469 g/mol. The number of hydrogen-bond donors (Lipinski definition) is 3. The number of carbonyl (C=O) groups is 3. The normalized spacial score (nSPS) is 12.1. The number of carbonyl (C=O) groups excluding carboxylic acids is 3. The minimum atomic E-state index is -1.05. The van der Waals surface area contributed by atoms with Gasteiger partial charge in [-0.3, -0.25) is 14.4 Å². The Labute approximate surface area is 207 Å². The molecule has 0 radical (unpaired) electrons. The molecule has 1 heterocycles. The van der Waals surface area contributed by atoms with Crippen molar-refractivity contribution in [3.05, 3.63) is 81.6 Å². The second-order valence-electron chi connectivity index (χ2n) is 9.25. The van der Waals surface area contributed by atoms with Gasteiger partial charge in [-0.15, -0.1) is 0 Å². The van der Waals surface area contributed by atoms with E-state index in [4.69, 9.17) is 11.5 Å². The van der Waals surface area contributed by atoms with Crippen molar-refractivity contribution in [2.75, 3.05) is 5.73 Å². The molecule has 5 N–H and O–H groups in total. The van der Waals surface area contributed by atoms with Gasteiger partial charge in [0.05, 0.1) is 5.69 Å².